The summed E-state index contributed by atoms with van der Waals surface area (Å²) in [7, 11) is 1.64. The van der Waals surface area contributed by atoms with Crippen LogP contribution in [0.2, 0.25) is 0 Å². The van der Waals surface area contributed by atoms with E-state index in [0.29, 0.717) is 27.3 Å². The van der Waals surface area contributed by atoms with Crippen LogP contribution in [0.25, 0.3) is 0 Å². The van der Waals surface area contributed by atoms with Crippen molar-refractivity contribution in [3.8, 4) is 11.5 Å². The van der Waals surface area contributed by atoms with Gasteiger partial charge in [0.2, 0.25) is 0 Å². The first-order valence-electron chi connectivity index (χ1n) is 10.2. The molecule has 4 nitrogen and oxygen atoms in total. The fourth-order valence-electron chi connectivity index (χ4n) is 3.71. The first-order chi connectivity index (χ1) is 14.2. The van der Waals surface area contributed by atoms with E-state index in [1.54, 1.807) is 7.11 Å². The van der Waals surface area contributed by atoms with Crippen LogP contribution in [0.3, 0.4) is 0 Å². The summed E-state index contributed by atoms with van der Waals surface area (Å²) in [5, 5.41) is 2.99. The standard InChI is InChI=1S/C23H27NO3S2/c1-26-20-12-11-18(15-21(20)27-19-5-2-3-6-19)24-22(25)16-7-9-17(10-8-16)23-28-13-4-14-29-23/h7-12,15,19,23H,2-6,13-14H2,1H3,(H,24,25). The zero-order valence-corrected chi connectivity index (χ0v) is 18.3. The molecule has 1 aliphatic heterocycles. The summed E-state index contributed by atoms with van der Waals surface area (Å²) in [6.07, 6.45) is 6.07. The number of carbonyl (C=O) groups is 1. The van der Waals surface area contributed by atoms with E-state index in [1.807, 2.05) is 53.9 Å². The molecular weight excluding hydrogens is 402 g/mol. The molecule has 0 atom stereocenters. The normalized spacial score (nSPS) is 17.8. The highest BCUT2D eigenvalue weighted by Gasteiger charge is 2.20. The van der Waals surface area contributed by atoms with Gasteiger partial charge >= 0.3 is 0 Å². The summed E-state index contributed by atoms with van der Waals surface area (Å²) in [5.41, 5.74) is 2.66. The molecule has 0 unspecified atom stereocenters. The molecule has 29 heavy (non-hydrogen) atoms. The second-order valence-corrected chi connectivity index (χ2v) is 10.1. The van der Waals surface area contributed by atoms with Gasteiger partial charge in [-0.2, -0.15) is 0 Å². The summed E-state index contributed by atoms with van der Waals surface area (Å²) in [6.45, 7) is 0. The van der Waals surface area contributed by atoms with Gasteiger partial charge in [0.15, 0.2) is 11.5 Å². The van der Waals surface area contributed by atoms with Crippen molar-refractivity contribution in [1.29, 1.82) is 0 Å². The molecule has 1 amide bonds. The van der Waals surface area contributed by atoms with Gasteiger partial charge in [-0.3, -0.25) is 4.79 Å². The van der Waals surface area contributed by atoms with E-state index in [0.717, 1.165) is 12.8 Å². The lowest BCUT2D eigenvalue weighted by molar-refractivity contribution is 0.102. The molecule has 1 saturated heterocycles. The second kappa shape index (κ2) is 9.81. The summed E-state index contributed by atoms with van der Waals surface area (Å²) in [4.78, 5) is 12.7. The van der Waals surface area contributed by atoms with Crippen LogP contribution in [0, 0.1) is 0 Å². The maximum absolute atomic E-state index is 12.7. The highest BCUT2D eigenvalue weighted by Crippen LogP contribution is 2.43. The predicted octanol–water partition coefficient (Wildman–Crippen LogP) is 6.14. The highest BCUT2D eigenvalue weighted by molar-refractivity contribution is 8.16. The van der Waals surface area contributed by atoms with E-state index >= 15 is 0 Å². The van der Waals surface area contributed by atoms with E-state index in [1.165, 1.54) is 36.3 Å². The minimum atomic E-state index is -0.113. The molecule has 1 saturated carbocycles. The number of anilines is 1. The lowest BCUT2D eigenvalue weighted by Gasteiger charge is -2.21. The summed E-state index contributed by atoms with van der Waals surface area (Å²) >= 11 is 3.98. The fourth-order valence-corrected chi connectivity index (χ4v) is 6.60. The van der Waals surface area contributed by atoms with Gasteiger partial charge in [0.05, 0.1) is 17.8 Å². The molecular formula is C23H27NO3S2. The predicted molar refractivity (Wildman–Crippen MR) is 123 cm³/mol. The van der Waals surface area contributed by atoms with Gasteiger partial charge in [-0.15, -0.1) is 23.5 Å². The van der Waals surface area contributed by atoms with Crippen LogP contribution in [0.1, 0.15) is 52.6 Å². The zero-order valence-electron chi connectivity index (χ0n) is 16.7. The monoisotopic (exact) mass is 429 g/mol. The van der Waals surface area contributed by atoms with Crippen molar-refractivity contribution in [2.45, 2.75) is 42.8 Å². The number of ether oxygens (including phenoxy) is 2. The Balaban J connectivity index is 1.43. The van der Waals surface area contributed by atoms with E-state index in [9.17, 15) is 4.79 Å². The quantitative estimate of drug-likeness (QED) is 0.598. The smallest absolute Gasteiger partial charge is 0.255 e. The maximum atomic E-state index is 12.7. The third-order valence-electron chi connectivity index (χ3n) is 5.29. The molecule has 0 spiro atoms. The van der Waals surface area contributed by atoms with Gasteiger partial charge < -0.3 is 14.8 Å². The van der Waals surface area contributed by atoms with Gasteiger partial charge in [-0.1, -0.05) is 12.1 Å². The largest absolute Gasteiger partial charge is 0.493 e. The van der Waals surface area contributed by atoms with Crippen LogP contribution < -0.4 is 14.8 Å². The number of carbonyl (C=O) groups excluding carboxylic acids is 1. The number of methoxy groups -OCH3 is 1. The van der Waals surface area contributed by atoms with Crippen LogP contribution in [0.5, 0.6) is 11.5 Å². The number of amides is 1. The van der Waals surface area contributed by atoms with Crippen molar-refractivity contribution in [1.82, 2.24) is 0 Å². The lowest BCUT2D eigenvalue weighted by Crippen LogP contribution is -2.14. The molecule has 1 aliphatic carbocycles. The number of nitrogens with one attached hydrogen (secondary N) is 1. The Morgan fingerprint density at radius 3 is 2.38 bits per heavy atom. The molecule has 0 bridgehead atoms. The average molecular weight is 430 g/mol. The SMILES string of the molecule is COc1ccc(NC(=O)c2ccc(C3SCCCS3)cc2)cc1OC1CCCC1. The molecule has 2 aliphatic rings. The van der Waals surface area contributed by atoms with Crippen molar-refractivity contribution < 1.29 is 14.3 Å². The summed E-state index contributed by atoms with van der Waals surface area (Å²) in [6, 6.07) is 13.5. The Morgan fingerprint density at radius 1 is 0.966 bits per heavy atom. The van der Waals surface area contributed by atoms with Crippen molar-refractivity contribution in [3.63, 3.8) is 0 Å². The van der Waals surface area contributed by atoms with E-state index in [4.69, 9.17) is 9.47 Å². The lowest BCUT2D eigenvalue weighted by atomic mass is 10.1. The third-order valence-corrected chi connectivity index (χ3v) is 8.30. The van der Waals surface area contributed by atoms with Gasteiger partial charge in [0.25, 0.3) is 5.91 Å². The Kier molecular flexibility index (Phi) is 6.93. The van der Waals surface area contributed by atoms with Crippen molar-refractivity contribution >= 4 is 35.1 Å². The van der Waals surface area contributed by atoms with Crippen LogP contribution in [0.4, 0.5) is 5.69 Å². The minimum Gasteiger partial charge on any atom is -0.493 e. The topological polar surface area (TPSA) is 47.6 Å². The molecule has 2 fully saturated rings. The first-order valence-corrected chi connectivity index (χ1v) is 12.3. The Morgan fingerprint density at radius 2 is 1.69 bits per heavy atom. The molecule has 2 aromatic rings. The van der Waals surface area contributed by atoms with Crippen LogP contribution >= 0.6 is 23.5 Å². The minimum absolute atomic E-state index is 0.113. The molecule has 1 heterocycles. The van der Waals surface area contributed by atoms with Gasteiger partial charge in [0, 0.05) is 17.3 Å². The number of rotatable bonds is 6. The van der Waals surface area contributed by atoms with Crippen LogP contribution in [-0.4, -0.2) is 30.6 Å². The Bertz CT molecular complexity index is 829. The van der Waals surface area contributed by atoms with Crippen LogP contribution in [0.15, 0.2) is 42.5 Å². The number of hydrogen-bond donors (Lipinski definition) is 1. The van der Waals surface area contributed by atoms with Crippen molar-refractivity contribution in [2.75, 3.05) is 23.9 Å². The molecule has 1 N–H and O–H groups in total. The van der Waals surface area contributed by atoms with Gasteiger partial charge in [-0.25, -0.2) is 0 Å². The first kappa shape index (κ1) is 20.5. The molecule has 4 rings (SSSR count). The third kappa shape index (κ3) is 5.23. The molecule has 6 heteroatoms. The average Bonchev–Trinajstić information content (AvgIpc) is 3.28. The van der Waals surface area contributed by atoms with Gasteiger partial charge in [0.1, 0.15) is 0 Å². The van der Waals surface area contributed by atoms with Crippen molar-refractivity contribution in [2.24, 2.45) is 0 Å². The second-order valence-electron chi connectivity index (χ2n) is 7.39. The molecule has 0 radical (unpaired) electrons. The highest BCUT2D eigenvalue weighted by atomic mass is 32.2. The van der Waals surface area contributed by atoms with Crippen LogP contribution in [-0.2, 0) is 0 Å². The molecule has 0 aromatic heterocycles. The number of hydrogen-bond acceptors (Lipinski definition) is 5. The maximum Gasteiger partial charge on any atom is 0.255 e. The van der Waals surface area contributed by atoms with E-state index < -0.39 is 0 Å². The zero-order chi connectivity index (χ0) is 20.1. The summed E-state index contributed by atoms with van der Waals surface area (Å²) in [5.74, 6) is 3.70. The van der Waals surface area contributed by atoms with E-state index in [-0.39, 0.29) is 12.0 Å². The fraction of sp³-hybridized carbons (Fsp3) is 0.435. The Hall–Kier alpha value is -1.79. The number of thioether (sulfide) groups is 2. The number of benzene rings is 2. The Labute approximate surface area is 181 Å². The van der Waals surface area contributed by atoms with Gasteiger partial charge in [-0.05, 0) is 73.4 Å². The van der Waals surface area contributed by atoms with E-state index in [2.05, 4.69) is 17.4 Å². The van der Waals surface area contributed by atoms with Crippen molar-refractivity contribution in [3.05, 3.63) is 53.6 Å². The summed E-state index contributed by atoms with van der Waals surface area (Å²) < 4.78 is 12.0. The molecule has 2 aromatic carbocycles. The molecule has 154 valence electrons.